The molecule has 0 radical (unpaired) electrons. The van der Waals surface area contributed by atoms with Gasteiger partial charge < -0.3 is 9.47 Å². The zero-order chi connectivity index (χ0) is 11.3. The van der Waals surface area contributed by atoms with E-state index in [4.69, 9.17) is 9.47 Å². The zero-order valence-electron chi connectivity index (χ0n) is 8.54. The second kappa shape index (κ2) is 2.98. The molecule has 1 aromatic rings. The number of esters is 1. The van der Waals surface area contributed by atoms with Gasteiger partial charge in [0.1, 0.15) is 11.8 Å². The normalized spacial score (nSPS) is 26.9. The molecule has 0 saturated carbocycles. The molecule has 1 aromatic carbocycles. The molecule has 0 unspecified atom stereocenters. The van der Waals surface area contributed by atoms with Crippen molar-refractivity contribution in [2.75, 3.05) is 0 Å². The molecule has 0 spiro atoms. The predicted octanol–water partition coefficient (Wildman–Crippen LogP) is 1.44. The molecular weight excluding hydrogens is 210 g/mol. The number of nitrogens with zero attached hydrogens (tertiary/aromatic N) is 1. The Kier molecular flexibility index (Phi) is 1.71. The summed E-state index contributed by atoms with van der Waals surface area (Å²) in [5.41, 5.74) is 0.708. The average molecular weight is 219 g/mol. The molecule has 82 valence electrons. The molecule has 2 atom stereocenters. The Bertz CT molecular complexity index is 485. The van der Waals surface area contributed by atoms with Crippen molar-refractivity contribution < 1.29 is 19.1 Å². The summed E-state index contributed by atoms with van der Waals surface area (Å²) in [5.74, 6) is 0.0503. The molecule has 5 heteroatoms. The van der Waals surface area contributed by atoms with Crippen LogP contribution in [0.15, 0.2) is 24.3 Å². The Morgan fingerprint density at radius 2 is 2.00 bits per heavy atom. The van der Waals surface area contributed by atoms with Crippen LogP contribution >= 0.6 is 0 Å². The fraction of sp³-hybridized carbons (Fsp3) is 0.273. The van der Waals surface area contributed by atoms with Gasteiger partial charge in [-0.15, -0.1) is 0 Å². The Hall–Kier alpha value is -2.04. The lowest BCUT2D eigenvalue weighted by molar-refractivity contribution is -0.142. The van der Waals surface area contributed by atoms with Gasteiger partial charge in [-0.1, -0.05) is 12.1 Å². The molecule has 0 N–H and O–H groups in total. The molecule has 5 nitrogen and oxygen atoms in total. The van der Waals surface area contributed by atoms with Crippen LogP contribution < -0.4 is 4.74 Å². The van der Waals surface area contributed by atoms with Gasteiger partial charge in [-0.2, -0.15) is 0 Å². The first-order chi connectivity index (χ1) is 7.68. The lowest BCUT2D eigenvalue weighted by Gasteiger charge is -2.29. The zero-order valence-corrected chi connectivity index (χ0v) is 8.54. The minimum Gasteiger partial charge on any atom is -0.435 e. The van der Waals surface area contributed by atoms with Crippen molar-refractivity contribution in [1.82, 2.24) is 4.90 Å². The fourth-order valence-corrected chi connectivity index (χ4v) is 1.97. The maximum atomic E-state index is 11.7. The number of hydrogen-bond acceptors (Lipinski definition) is 4. The summed E-state index contributed by atoms with van der Waals surface area (Å²) >= 11 is 0. The number of rotatable bonds is 0. The number of amides is 1. The standard InChI is InChI=1S/C11H9NO4/c1-6-10(13)16-9-7-4-2-3-5-8(7)15-11(14)12(6)9/h2-6,9H,1H3/t6-,9+/m0/s1. The summed E-state index contributed by atoms with van der Waals surface area (Å²) < 4.78 is 10.3. The highest BCUT2D eigenvalue weighted by Crippen LogP contribution is 2.40. The van der Waals surface area contributed by atoms with E-state index in [-0.39, 0.29) is 0 Å². The van der Waals surface area contributed by atoms with Crippen LogP contribution in [0.3, 0.4) is 0 Å². The number of benzene rings is 1. The third kappa shape index (κ3) is 1.05. The molecule has 0 bridgehead atoms. The minimum atomic E-state index is -0.639. The first kappa shape index (κ1) is 9.21. The van der Waals surface area contributed by atoms with Gasteiger partial charge in [-0.25, -0.2) is 9.59 Å². The van der Waals surface area contributed by atoms with E-state index in [1.807, 2.05) is 6.07 Å². The minimum absolute atomic E-state index is 0.404. The molecule has 1 fully saturated rings. The Morgan fingerprint density at radius 1 is 1.25 bits per heavy atom. The van der Waals surface area contributed by atoms with Crippen LogP contribution in [0, 0.1) is 0 Å². The van der Waals surface area contributed by atoms with Gasteiger partial charge in [-0.05, 0) is 19.1 Å². The average Bonchev–Trinajstić information content (AvgIpc) is 2.57. The highest BCUT2D eigenvalue weighted by molar-refractivity contribution is 5.86. The summed E-state index contributed by atoms with van der Waals surface area (Å²) in [4.78, 5) is 24.4. The van der Waals surface area contributed by atoms with E-state index in [0.29, 0.717) is 11.3 Å². The quantitative estimate of drug-likeness (QED) is 0.619. The van der Waals surface area contributed by atoms with E-state index in [1.54, 1.807) is 25.1 Å². The van der Waals surface area contributed by atoms with Gasteiger partial charge in [0.05, 0.1) is 5.56 Å². The SMILES string of the molecule is C[C@H]1C(=O)O[C@@H]2c3ccccc3OC(=O)N21. The highest BCUT2D eigenvalue weighted by Gasteiger charge is 2.48. The van der Waals surface area contributed by atoms with Crippen LogP contribution in [0.5, 0.6) is 5.75 Å². The van der Waals surface area contributed by atoms with Crippen LogP contribution in [0.1, 0.15) is 18.7 Å². The van der Waals surface area contributed by atoms with Crippen molar-refractivity contribution >= 4 is 12.1 Å². The van der Waals surface area contributed by atoms with E-state index >= 15 is 0 Å². The monoisotopic (exact) mass is 219 g/mol. The number of hydrogen-bond donors (Lipinski definition) is 0. The number of carbonyl (C=O) groups excluding carboxylic acids is 2. The van der Waals surface area contributed by atoms with Gasteiger partial charge in [0, 0.05) is 0 Å². The lowest BCUT2D eigenvalue weighted by atomic mass is 10.1. The first-order valence-corrected chi connectivity index (χ1v) is 4.98. The third-order valence-electron chi connectivity index (χ3n) is 2.83. The van der Waals surface area contributed by atoms with Crippen LogP contribution in [0.2, 0.25) is 0 Å². The van der Waals surface area contributed by atoms with Crippen molar-refractivity contribution in [3.63, 3.8) is 0 Å². The maximum absolute atomic E-state index is 11.7. The van der Waals surface area contributed by atoms with E-state index in [1.165, 1.54) is 4.90 Å². The Labute approximate surface area is 91.6 Å². The van der Waals surface area contributed by atoms with Crippen molar-refractivity contribution in [3.8, 4) is 5.75 Å². The van der Waals surface area contributed by atoms with E-state index in [9.17, 15) is 9.59 Å². The summed E-state index contributed by atoms with van der Waals surface area (Å²) in [7, 11) is 0. The number of carbonyl (C=O) groups is 2. The summed E-state index contributed by atoms with van der Waals surface area (Å²) in [6, 6.07) is 6.45. The van der Waals surface area contributed by atoms with Gasteiger partial charge in [0.15, 0.2) is 0 Å². The van der Waals surface area contributed by atoms with E-state index < -0.39 is 24.3 Å². The molecule has 2 aliphatic rings. The van der Waals surface area contributed by atoms with Crippen LogP contribution in [-0.4, -0.2) is 23.0 Å². The topological polar surface area (TPSA) is 55.8 Å². The van der Waals surface area contributed by atoms with E-state index in [2.05, 4.69) is 0 Å². The Morgan fingerprint density at radius 3 is 2.81 bits per heavy atom. The second-order valence-corrected chi connectivity index (χ2v) is 3.78. The molecule has 0 aliphatic carbocycles. The Balaban J connectivity index is 2.12. The first-order valence-electron chi connectivity index (χ1n) is 4.98. The molecule has 1 amide bonds. The summed E-state index contributed by atoms with van der Waals surface area (Å²) in [6.07, 6.45) is -1.18. The fourth-order valence-electron chi connectivity index (χ4n) is 1.97. The molecule has 2 aliphatic heterocycles. The van der Waals surface area contributed by atoms with Crippen LogP contribution in [0.4, 0.5) is 4.79 Å². The highest BCUT2D eigenvalue weighted by atomic mass is 16.6. The number of ether oxygens (including phenoxy) is 2. The number of fused-ring (bicyclic) bond motifs is 3. The predicted molar refractivity (Wildman–Crippen MR) is 52.6 cm³/mol. The van der Waals surface area contributed by atoms with Crippen molar-refractivity contribution in [2.45, 2.75) is 19.2 Å². The van der Waals surface area contributed by atoms with Gasteiger partial charge in [0.25, 0.3) is 0 Å². The molecule has 2 heterocycles. The van der Waals surface area contributed by atoms with Crippen LogP contribution in [0.25, 0.3) is 0 Å². The maximum Gasteiger partial charge on any atom is 0.419 e. The molecule has 16 heavy (non-hydrogen) atoms. The van der Waals surface area contributed by atoms with Gasteiger partial charge >= 0.3 is 12.1 Å². The van der Waals surface area contributed by atoms with E-state index in [0.717, 1.165) is 0 Å². The largest absolute Gasteiger partial charge is 0.435 e. The van der Waals surface area contributed by atoms with Crippen molar-refractivity contribution in [2.24, 2.45) is 0 Å². The third-order valence-corrected chi connectivity index (χ3v) is 2.83. The molecule has 3 rings (SSSR count). The summed E-state index contributed by atoms with van der Waals surface area (Å²) in [5, 5.41) is 0. The smallest absolute Gasteiger partial charge is 0.419 e. The molecule has 1 saturated heterocycles. The molecule has 0 aromatic heterocycles. The van der Waals surface area contributed by atoms with Crippen LogP contribution in [-0.2, 0) is 9.53 Å². The van der Waals surface area contributed by atoms with Gasteiger partial charge in [-0.3, -0.25) is 4.90 Å². The lowest BCUT2D eigenvalue weighted by Crippen LogP contribution is -2.42. The number of para-hydroxylation sites is 1. The second-order valence-electron chi connectivity index (χ2n) is 3.78. The van der Waals surface area contributed by atoms with Gasteiger partial charge in [0.2, 0.25) is 6.23 Å². The van der Waals surface area contributed by atoms with Crippen molar-refractivity contribution in [1.29, 1.82) is 0 Å². The van der Waals surface area contributed by atoms with Crippen molar-refractivity contribution in [3.05, 3.63) is 29.8 Å². The summed E-state index contributed by atoms with van der Waals surface area (Å²) in [6.45, 7) is 1.62. The molecular formula is C11H9NO4.